The Bertz CT molecular complexity index is 1100. The number of sulfonamides is 2. The Labute approximate surface area is 183 Å². The van der Waals surface area contributed by atoms with E-state index < -0.39 is 26.0 Å². The van der Waals surface area contributed by atoms with Gasteiger partial charge in [0.1, 0.15) is 0 Å². The van der Waals surface area contributed by atoms with Crippen molar-refractivity contribution in [3.05, 3.63) is 60.2 Å². The Kier molecular flexibility index (Phi) is 7.47. The number of hydrogen-bond donors (Lipinski definition) is 2. The third kappa shape index (κ3) is 6.13. The van der Waals surface area contributed by atoms with E-state index in [0.29, 0.717) is 5.56 Å². The van der Waals surface area contributed by atoms with E-state index in [0.717, 1.165) is 32.1 Å². The molecule has 3 rings (SSSR count). The third-order valence-corrected chi connectivity index (χ3v) is 8.21. The summed E-state index contributed by atoms with van der Waals surface area (Å²) in [7, 11) is -7.59. The summed E-state index contributed by atoms with van der Waals surface area (Å²) in [6.45, 7) is -0.120. The number of carbonyl (C=O) groups excluding carboxylic acids is 1. The minimum absolute atomic E-state index is 0.0139. The van der Waals surface area contributed by atoms with Gasteiger partial charge in [0.2, 0.25) is 26.0 Å². The Hall–Kier alpha value is -2.27. The summed E-state index contributed by atoms with van der Waals surface area (Å²) in [4.78, 5) is 12.8. The van der Waals surface area contributed by atoms with E-state index in [2.05, 4.69) is 5.32 Å². The summed E-state index contributed by atoms with van der Waals surface area (Å²) in [6, 6.07) is 13.8. The van der Waals surface area contributed by atoms with E-state index >= 15 is 0 Å². The largest absolute Gasteiger partial charge is 0.351 e. The summed E-state index contributed by atoms with van der Waals surface area (Å²) >= 11 is 0. The number of primary sulfonamides is 1. The first kappa shape index (κ1) is 23.4. The van der Waals surface area contributed by atoms with Crippen LogP contribution in [0.15, 0.2) is 64.4 Å². The fourth-order valence-corrected chi connectivity index (χ4v) is 5.88. The molecule has 0 aliphatic heterocycles. The molecule has 1 amide bonds. The van der Waals surface area contributed by atoms with Crippen molar-refractivity contribution in [3.63, 3.8) is 0 Å². The topological polar surface area (TPSA) is 127 Å². The fourth-order valence-electron chi connectivity index (χ4n) is 3.70. The summed E-state index contributed by atoms with van der Waals surface area (Å²) < 4.78 is 50.5. The van der Waals surface area contributed by atoms with Crippen LogP contribution in [-0.4, -0.2) is 39.6 Å². The van der Waals surface area contributed by atoms with E-state index in [1.165, 1.54) is 28.6 Å². The highest BCUT2D eigenvalue weighted by atomic mass is 32.2. The number of nitrogens with one attached hydrogen (secondary N) is 1. The second kappa shape index (κ2) is 9.90. The highest BCUT2D eigenvalue weighted by molar-refractivity contribution is 7.89. The first-order valence-corrected chi connectivity index (χ1v) is 13.1. The molecule has 10 heteroatoms. The summed E-state index contributed by atoms with van der Waals surface area (Å²) in [6.07, 6.45) is 4.40. The molecule has 0 spiro atoms. The standard InChI is InChI=1S/C21H27N3O5S2/c22-30(26,27)19-13-11-17(12-14-19)15-23-21(25)16-24(18-7-3-1-4-8-18)31(28,29)20-9-5-2-6-10-20/h2,5-6,9-14,18H,1,3-4,7-8,15-16H2,(H,23,25)(H2,22,26,27). The second-order valence-electron chi connectivity index (χ2n) is 7.62. The molecule has 0 bridgehead atoms. The van der Waals surface area contributed by atoms with Gasteiger partial charge in [-0.1, -0.05) is 49.6 Å². The van der Waals surface area contributed by atoms with Crippen LogP contribution in [0.3, 0.4) is 0 Å². The lowest BCUT2D eigenvalue weighted by atomic mass is 9.95. The predicted molar refractivity (Wildman–Crippen MR) is 117 cm³/mol. The van der Waals surface area contributed by atoms with Crippen molar-refractivity contribution in [3.8, 4) is 0 Å². The van der Waals surface area contributed by atoms with Gasteiger partial charge in [0.15, 0.2) is 0 Å². The molecule has 1 saturated carbocycles. The van der Waals surface area contributed by atoms with Crippen LogP contribution in [0.4, 0.5) is 0 Å². The SMILES string of the molecule is NS(=O)(=O)c1ccc(CNC(=O)CN(C2CCCCC2)S(=O)(=O)c2ccccc2)cc1. The van der Waals surface area contributed by atoms with Crippen molar-refractivity contribution in [2.75, 3.05) is 6.54 Å². The predicted octanol–water partition coefficient (Wildman–Crippen LogP) is 1.97. The van der Waals surface area contributed by atoms with Crippen LogP contribution in [0, 0.1) is 0 Å². The zero-order valence-electron chi connectivity index (χ0n) is 17.1. The summed E-state index contributed by atoms with van der Waals surface area (Å²) in [5.41, 5.74) is 0.677. The van der Waals surface area contributed by atoms with Gasteiger partial charge in [-0.3, -0.25) is 4.79 Å². The highest BCUT2D eigenvalue weighted by Crippen LogP contribution is 2.27. The number of amides is 1. The maximum absolute atomic E-state index is 13.3. The van der Waals surface area contributed by atoms with Gasteiger partial charge >= 0.3 is 0 Å². The van der Waals surface area contributed by atoms with E-state index in [9.17, 15) is 21.6 Å². The molecule has 0 heterocycles. The maximum atomic E-state index is 13.3. The minimum atomic E-state index is -3.81. The molecule has 31 heavy (non-hydrogen) atoms. The molecule has 2 aromatic carbocycles. The molecule has 1 fully saturated rings. The van der Waals surface area contributed by atoms with Crippen molar-refractivity contribution < 1.29 is 21.6 Å². The molecule has 1 aliphatic carbocycles. The lowest BCUT2D eigenvalue weighted by Gasteiger charge is -2.33. The number of nitrogens with two attached hydrogens (primary N) is 1. The second-order valence-corrected chi connectivity index (χ2v) is 11.1. The van der Waals surface area contributed by atoms with Crippen LogP contribution in [0.1, 0.15) is 37.7 Å². The Morgan fingerprint density at radius 1 is 0.903 bits per heavy atom. The summed E-state index contributed by atoms with van der Waals surface area (Å²) in [5.74, 6) is -0.416. The van der Waals surface area contributed by atoms with Crippen molar-refractivity contribution in [1.29, 1.82) is 0 Å². The molecule has 0 unspecified atom stereocenters. The van der Waals surface area contributed by atoms with Gasteiger partial charge in [0.25, 0.3) is 0 Å². The quantitative estimate of drug-likeness (QED) is 0.616. The molecule has 8 nitrogen and oxygen atoms in total. The van der Waals surface area contributed by atoms with Gasteiger partial charge in [-0.05, 0) is 42.7 Å². The van der Waals surface area contributed by atoms with E-state index in [1.54, 1.807) is 30.3 Å². The molecular weight excluding hydrogens is 438 g/mol. The van der Waals surface area contributed by atoms with Crippen molar-refractivity contribution in [2.24, 2.45) is 5.14 Å². The first-order valence-electron chi connectivity index (χ1n) is 10.1. The minimum Gasteiger partial charge on any atom is -0.351 e. The third-order valence-electron chi connectivity index (χ3n) is 5.37. The van der Waals surface area contributed by atoms with E-state index in [1.807, 2.05) is 0 Å². The van der Waals surface area contributed by atoms with E-state index in [4.69, 9.17) is 5.14 Å². The monoisotopic (exact) mass is 465 g/mol. The maximum Gasteiger partial charge on any atom is 0.243 e. The van der Waals surface area contributed by atoms with Gasteiger partial charge in [-0.2, -0.15) is 4.31 Å². The van der Waals surface area contributed by atoms with Crippen LogP contribution in [-0.2, 0) is 31.4 Å². The van der Waals surface area contributed by atoms with Gasteiger partial charge in [-0.15, -0.1) is 0 Å². The highest BCUT2D eigenvalue weighted by Gasteiger charge is 2.33. The number of benzene rings is 2. The summed E-state index contributed by atoms with van der Waals surface area (Å²) in [5, 5.41) is 7.81. The number of carbonyl (C=O) groups is 1. The van der Waals surface area contributed by atoms with Gasteiger partial charge in [-0.25, -0.2) is 22.0 Å². The van der Waals surface area contributed by atoms with Gasteiger partial charge < -0.3 is 5.32 Å². The molecule has 0 radical (unpaired) electrons. The molecule has 168 valence electrons. The molecule has 0 aromatic heterocycles. The molecule has 1 aliphatic rings. The van der Waals surface area contributed by atoms with Crippen LogP contribution < -0.4 is 10.5 Å². The zero-order valence-corrected chi connectivity index (χ0v) is 18.7. The number of nitrogens with zero attached hydrogens (tertiary/aromatic N) is 1. The Morgan fingerprint density at radius 2 is 1.52 bits per heavy atom. The molecule has 3 N–H and O–H groups in total. The molecule has 0 atom stereocenters. The zero-order chi connectivity index (χ0) is 22.5. The normalized spacial score (nSPS) is 15.7. The average Bonchev–Trinajstić information content (AvgIpc) is 2.77. The lowest BCUT2D eigenvalue weighted by molar-refractivity contribution is -0.121. The Balaban J connectivity index is 1.71. The Morgan fingerprint density at radius 3 is 2.10 bits per heavy atom. The molecule has 0 saturated heterocycles. The van der Waals surface area contributed by atoms with E-state index in [-0.39, 0.29) is 28.9 Å². The smallest absolute Gasteiger partial charge is 0.243 e. The van der Waals surface area contributed by atoms with Gasteiger partial charge in [0.05, 0.1) is 16.3 Å². The first-order chi connectivity index (χ1) is 14.7. The number of hydrogen-bond acceptors (Lipinski definition) is 5. The average molecular weight is 466 g/mol. The van der Waals surface area contributed by atoms with Crippen molar-refractivity contribution in [1.82, 2.24) is 9.62 Å². The van der Waals surface area contributed by atoms with Crippen LogP contribution in [0.5, 0.6) is 0 Å². The van der Waals surface area contributed by atoms with Crippen LogP contribution in [0.2, 0.25) is 0 Å². The lowest BCUT2D eigenvalue weighted by Crippen LogP contribution is -2.46. The number of rotatable bonds is 8. The van der Waals surface area contributed by atoms with Gasteiger partial charge in [0, 0.05) is 12.6 Å². The van der Waals surface area contributed by atoms with Crippen LogP contribution >= 0.6 is 0 Å². The molecule has 2 aromatic rings. The fraction of sp³-hybridized carbons (Fsp3) is 0.381. The van der Waals surface area contributed by atoms with Crippen molar-refractivity contribution >= 4 is 26.0 Å². The van der Waals surface area contributed by atoms with Crippen molar-refractivity contribution in [2.45, 2.75) is 54.5 Å². The van der Waals surface area contributed by atoms with Crippen LogP contribution in [0.25, 0.3) is 0 Å². The molecular formula is C21H27N3O5S2.